The van der Waals surface area contributed by atoms with Crippen molar-refractivity contribution in [1.29, 1.82) is 0 Å². The number of amides is 2. The lowest BCUT2D eigenvalue weighted by Gasteiger charge is -2.08. The Bertz CT molecular complexity index is 699. The van der Waals surface area contributed by atoms with Crippen LogP contribution in [0.2, 0.25) is 5.02 Å². The highest BCUT2D eigenvalue weighted by atomic mass is 35.5. The SMILES string of the molecule is CCCNC(=O)c1cccc(C(=O)NCCc2ccc(Cl)cc2)c1. The molecule has 126 valence electrons. The van der Waals surface area contributed by atoms with Gasteiger partial charge in [-0.25, -0.2) is 0 Å². The molecule has 0 aromatic heterocycles. The summed E-state index contributed by atoms with van der Waals surface area (Å²) in [7, 11) is 0. The van der Waals surface area contributed by atoms with E-state index in [0.717, 1.165) is 18.4 Å². The predicted octanol–water partition coefficient (Wildman–Crippen LogP) is 3.45. The highest BCUT2D eigenvalue weighted by Gasteiger charge is 2.09. The van der Waals surface area contributed by atoms with Crippen molar-refractivity contribution in [2.75, 3.05) is 13.1 Å². The molecule has 2 rings (SSSR count). The molecule has 2 N–H and O–H groups in total. The smallest absolute Gasteiger partial charge is 0.251 e. The first-order chi connectivity index (χ1) is 11.6. The van der Waals surface area contributed by atoms with E-state index in [1.54, 1.807) is 24.3 Å². The predicted molar refractivity (Wildman–Crippen MR) is 96.6 cm³/mol. The third kappa shape index (κ3) is 5.39. The van der Waals surface area contributed by atoms with E-state index in [1.165, 1.54) is 0 Å². The second-order valence-electron chi connectivity index (χ2n) is 5.47. The zero-order chi connectivity index (χ0) is 17.4. The molecular weight excluding hydrogens is 324 g/mol. The molecule has 0 saturated carbocycles. The second-order valence-corrected chi connectivity index (χ2v) is 5.91. The van der Waals surface area contributed by atoms with Gasteiger partial charge < -0.3 is 10.6 Å². The maximum absolute atomic E-state index is 12.2. The first kappa shape index (κ1) is 18.0. The third-order valence-electron chi connectivity index (χ3n) is 3.53. The maximum Gasteiger partial charge on any atom is 0.251 e. The zero-order valence-corrected chi connectivity index (χ0v) is 14.4. The Morgan fingerprint density at radius 1 is 0.917 bits per heavy atom. The molecule has 0 unspecified atom stereocenters. The fourth-order valence-electron chi connectivity index (χ4n) is 2.22. The Morgan fingerprint density at radius 3 is 2.08 bits per heavy atom. The van der Waals surface area contributed by atoms with E-state index in [0.29, 0.717) is 29.2 Å². The summed E-state index contributed by atoms with van der Waals surface area (Å²) in [6.07, 6.45) is 1.59. The van der Waals surface area contributed by atoms with Gasteiger partial charge in [-0.2, -0.15) is 0 Å². The van der Waals surface area contributed by atoms with Crippen LogP contribution in [0.25, 0.3) is 0 Å². The Morgan fingerprint density at radius 2 is 1.50 bits per heavy atom. The van der Waals surface area contributed by atoms with E-state index in [2.05, 4.69) is 10.6 Å². The van der Waals surface area contributed by atoms with Crippen molar-refractivity contribution in [2.45, 2.75) is 19.8 Å². The minimum absolute atomic E-state index is 0.160. The van der Waals surface area contributed by atoms with Gasteiger partial charge in [-0.1, -0.05) is 36.7 Å². The van der Waals surface area contributed by atoms with Crippen molar-refractivity contribution in [3.8, 4) is 0 Å². The van der Waals surface area contributed by atoms with E-state index < -0.39 is 0 Å². The van der Waals surface area contributed by atoms with E-state index in [4.69, 9.17) is 11.6 Å². The highest BCUT2D eigenvalue weighted by molar-refractivity contribution is 6.30. The van der Waals surface area contributed by atoms with Crippen molar-refractivity contribution in [2.24, 2.45) is 0 Å². The molecule has 0 aliphatic carbocycles. The summed E-state index contributed by atoms with van der Waals surface area (Å²) >= 11 is 5.85. The first-order valence-electron chi connectivity index (χ1n) is 8.01. The summed E-state index contributed by atoms with van der Waals surface area (Å²) in [5, 5.41) is 6.37. The average molecular weight is 345 g/mol. The minimum Gasteiger partial charge on any atom is -0.352 e. The van der Waals surface area contributed by atoms with Crippen LogP contribution in [0.4, 0.5) is 0 Å². The van der Waals surface area contributed by atoms with Gasteiger partial charge in [0.2, 0.25) is 0 Å². The van der Waals surface area contributed by atoms with Crippen molar-refractivity contribution < 1.29 is 9.59 Å². The molecule has 0 atom stereocenters. The standard InChI is InChI=1S/C19H21ClN2O2/c1-2-11-21-18(23)15-4-3-5-16(13-15)19(24)22-12-10-14-6-8-17(20)9-7-14/h3-9,13H,2,10-12H2,1H3,(H,21,23)(H,22,24). The molecule has 0 saturated heterocycles. The van der Waals surface area contributed by atoms with E-state index in [1.807, 2.05) is 31.2 Å². The number of hydrogen-bond acceptors (Lipinski definition) is 2. The lowest BCUT2D eigenvalue weighted by Crippen LogP contribution is -2.27. The molecule has 0 bridgehead atoms. The number of benzene rings is 2. The van der Waals surface area contributed by atoms with Gasteiger partial charge in [-0.15, -0.1) is 0 Å². The molecule has 2 aromatic carbocycles. The molecule has 5 heteroatoms. The third-order valence-corrected chi connectivity index (χ3v) is 3.79. The van der Waals surface area contributed by atoms with Crippen LogP contribution in [0, 0.1) is 0 Å². The summed E-state index contributed by atoms with van der Waals surface area (Å²) in [4.78, 5) is 24.2. The molecule has 2 aromatic rings. The first-order valence-corrected chi connectivity index (χ1v) is 8.39. The molecule has 0 fully saturated rings. The molecule has 4 nitrogen and oxygen atoms in total. The Labute approximate surface area is 147 Å². The Hall–Kier alpha value is -2.33. The van der Waals surface area contributed by atoms with Gasteiger partial charge in [0.15, 0.2) is 0 Å². The van der Waals surface area contributed by atoms with Crippen molar-refractivity contribution in [3.63, 3.8) is 0 Å². The number of carbonyl (C=O) groups is 2. The van der Waals surface area contributed by atoms with Crippen molar-refractivity contribution >= 4 is 23.4 Å². The van der Waals surface area contributed by atoms with Gasteiger partial charge >= 0.3 is 0 Å². The second kappa shape index (κ2) is 9.08. The zero-order valence-electron chi connectivity index (χ0n) is 13.6. The molecule has 24 heavy (non-hydrogen) atoms. The van der Waals surface area contributed by atoms with Gasteiger partial charge in [0.1, 0.15) is 0 Å². The summed E-state index contributed by atoms with van der Waals surface area (Å²) in [6, 6.07) is 14.3. The molecule has 2 amide bonds. The summed E-state index contributed by atoms with van der Waals surface area (Å²) in [5.74, 6) is -0.346. The number of carbonyl (C=O) groups excluding carboxylic acids is 2. The van der Waals surface area contributed by atoms with Crippen molar-refractivity contribution in [3.05, 3.63) is 70.2 Å². The number of hydrogen-bond donors (Lipinski definition) is 2. The molecular formula is C19H21ClN2O2. The fraction of sp³-hybridized carbons (Fsp3) is 0.263. The number of rotatable bonds is 7. The maximum atomic E-state index is 12.2. The van der Waals surface area contributed by atoms with Gasteiger partial charge in [-0.3, -0.25) is 9.59 Å². The van der Waals surface area contributed by atoms with Crippen LogP contribution < -0.4 is 10.6 Å². The summed E-state index contributed by atoms with van der Waals surface area (Å²) < 4.78 is 0. The number of nitrogens with one attached hydrogen (secondary N) is 2. The molecule has 0 aliphatic heterocycles. The van der Waals surface area contributed by atoms with Crippen LogP contribution in [-0.4, -0.2) is 24.9 Å². The Kier molecular flexibility index (Phi) is 6.82. The quantitative estimate of drug-likeness (QED) is 0.808. The van der Waals surface area contributed by atoms with Gasteiger partial charge in [0, 0.05) is 29.2 Å². The average Bonchev–Trinajstić information content (AvgIpc) is 2.61. The molecule has 0 radical (unpaired) electrons. The Balaban J connectivity index is 1.90. The van der Waals surface area contributed by atoms with E-state index in [9.17, 15) is 9.59 Å². The largest absolute Gasteiger partial charge is 0.352 e. The number of halogens is 1. The fourth-order valence-corrected chi connectivity index (χ4v) is 2.34. The lowest BCUT2D eigenvalue weighted by atomic mass is 10.1. The van der Waals surface area contributed by atoms with Gasteiger partial charge in [0.05, 0.1) is 0 Å². The lowest BCUT2D eigenvalue weighted by molar-refractivity contribution is 0.0953. The van der Waals surface area contributed by atoms with Crippen LogP contribution in [0.5, 0.6) is 0 Å². The van der Waals surface area contributed by atoms with Crippen LogP contribution >= 0.6 is 11.6 Å². The topological polar surface area (TPSA) is 58.2 Å². The van der Waals surface area contributed by atoms with E-state index in [-0.39, 0.29) is 11.8 Å². The molecule has 0 aliphatic rings. The minimum atomic E-state index is -0.186. The molecule has 0 spiro atoms. The van der Waals surface area contributed by atoms with Gasteiger partial charge in [-0.05, 0) is 48.7 Å². The van der Waals surface area contributed by atoms with Crippen LogP contribution in [0.15, 0.2) is 48.5 Å². The summed E-state index contributed by atoms with van der Waals surface area (Å²) in [6.45, 7) is 3.13. The van der Waals surface area contributed by atoms with Gasteiger partial charge in [0.25, 0.3) is 11.8 Å². The highest BCUT2D eigenvalue weighted by Crippen LogP contribution is 2.10. The van der Waals surface area contributed by atoms with E-state index >= 15 is 0 Å². The van der Waals surface area contributed by atoms with Crippen LogP contribution in [0.1, 0.15) is 39.6 Å². The van der Waals surface area contributed by atoms with Crippen molar-refractivity contribution in [1.82, 2.24) is 10.6 Å². The normalized spacial score (nSPS) is 10.2. The summed E-state index contributed by atoms with van der Waals surface area (Å²) in [5.41, 5.74) is 2.08. The van der Waals surface area contributed by atoms with Crippen LogP contribution in [-0.2, 0) is 6.42 Å². The monoisotopic (exact) mass is 344 g/mol. The molecule has 0 heterocycles. The van der Waals surface area contributed by atoms with Crippen LogP contribution in [0.3, 0.4) is 0 Å².